The molecule has 0 bridgehead atoms. The number of hydrogen-bond donors (Lipinski definition) is 2. The Hall–Kier alpha value is -1.75. The van der Waals surface area contributed by atoms with Crippen molar-refractivity contribution in [1.29, 1.82) is 0 Å². The number of halogens is 1. The third-order valence-electron chi connectivity index (χ3n) is 3.74. The summed E-state index contributed by atoms with van der Waals surface area (Å²) in [7, 11) is -8.22. The summed E-state index contributed by atoms with van der Waals surface area (Å²) in [5.41, 5.74) is -0.276. The maximum absolute atomic E-state index is 13.0. The number of unbranched alkanes of at least 4 members (excludes halogenated alkanes) is 1. The molecule has 0 aliphatic rings. The van der Waals surface area contributed by atoms with Crippen LogP contribution >= 0.6 is 15.9 Å². The highest BCUT2D eigenvalue weighted by atomic mass is 79.9. The van der Waals surface area contributed by atoms with Gasteiger partial charge in [0.25, 0.3) is 5.91 Å². The summed E-state index contributed by atoms with van der Waals surface area (Å²) in [6.45, 7) is 2.27. The van der Waals surface area contributed by atoms with Crippen molar-refractivity contribution >= 4 is 41.7 Å². The standard InChI is InChI=1S/C17H19BrN2O5S2/c1-2-3-9-20-17(21)13-10-16(27(19,24)25)14(18)11-15(13)26(22,23)12-7-5-4-6-8-12/h4-8,10-11H,2-3,9H2,1H3,(H,20,21)(H2,19,24,25). The highest BCUT2D eigenvalue weighted by Gasteiger charge is 2.28. The van der Waals surface area contributed by atoms with Crippen molar-refractivity contribution in [2.75, 3.05) is 6.54 Å². The van der Waals surface area contributed by atoms with Gasteiger partial charge in [0.1, 0.15) is 0 Å². The lowest BCUT2D eigenvalue weighted by Crippen LogP contribution is -2.27. The Bertz CT molecular complexity index is 1050. The zero-order valence-corrected chi connectivity index (χ0v) is 17.7. The van der Waals surface area contributed by atoms with Gasteiger partial charge in [0.2, 0.25) is 19.9 Å². The van der Waals surface area contributed by atoms with Gasteiger partial charge in [-0.15, -0.1) is 0 Å². The third kappa shape index (κ3) is 4.95. The number of sulfone groups is 1. The molecular weight excluding hydrogens is 456 g/mol. The second kappa shape index (κ2) is 8.51. The van der Waals surface area contributed by atoms with Gasteiger partial charge in [0, 0.05) is 11.0 Å². The average molecular weight is 475 g/mol. The van der Waals surface area contributed by atoms with Crippen LogP contribution in [0.25, 0.3) is 0 Å². The highest BCUT2D eigenvalue weighted by Crippen LogP contribution is 2.31. The molecule has 7 nitrogen and oxygen atoms in total. The van der Waals surface area contributed by atoms with E-state index in [1.807, 2.05) is 6.92 Å². The molecular formula is C17H19BrN2O5S2. The maximum atomic E-state index is 13.0. The topological polar surface area (TPSA) is 123 Å². The number of carbonyl (C=O) groups is 1. The van der Waals surface area contributed by atoms with Crippen molar-refractivity contribution in [3.63, 3.8) is 0 Å². The normalized spacial score (nSPS) is 12.0. The molecule has 0 saturated carbocycles. The summed E-state index contributed by atoms with van der Waals surface area (Å²) in [6, 6.07) is 9.65. The zero-order chi connectivity index (χ0) is 20.2. The highest BCUT2D eigenvalue weighted by molar-refractivity contribution is 9.10. The van der Waals surface area contributed by atoms with E-state index in [1.54, 1.807) is 18.2 Å². The van der Waals surface area contributed by atoms with Crippen LogP contribution < -0.4 is 10.5 Å². The van der Waals surface area contributed by atoms with Crippen LogP contribution in [-0.4, -0.2) is 29.3 Å². The fraction of sp³-hybridized carbons (Fsp3) is 0.235. The number of nitrogens with one attached hydrogen (secondary N) is 1. The molecule has 0 heterocycles. The lowest BCUT2D eigenvalue weighted by Gasteiger charge is -2.14. The summed E-state index contributed by atoms with van der Waals surface area (Å²) in [5.74, 6) is -0.685. The molecule has 27 heavy (non-hydrogen) atoms. The predicted octanol–water partition coefficient (Wildman–Crippen LogP) is 2.46. The maximum Gasteiger partial charge on any atom is 0.252 e. The zero-order valence-electron chi connectivity index (χ0n) is 14.5. The van der Waals surface area contributed by atoms with Gasteiger partial charge in [0.05, 0.1) is 20.2 Å². The van der Waals surface area contributed by atoms with E-state index in [9.17, 15) is 21.6 Å². The third-order valence-corrected chi connectivity index (χ3v) is 7.42. The fourth-order valence-electron chi connectivity index (χ4n) is 2.35. The summed E-state index contributed by atoms with van der Waals surface area (Å²) in [5, 5.41) is 7.79. The number of hydrogen-bond acceptors (Lipinski definition) is 5. The SMILES string of the molecule is CCCCNC(=O)c1cc(S(N)(=O)=O)c(Br)cc1S(=O)(=O)c1ccccc1. The Morgan fingerprint density at radius 3 is 2.26 bits per heavy atom. The molecule has 0 saturated heterocycles. The predicted molar refractivity (Wildman–Crippen MR) is 105 cm³/mol. The van der Waals surface area contributed by atoms with E-state index >= 15 is 0 Å². The Morgan fingerprint density at radius 1 is 1.07 bits per heavy atom. The van der Waals surface area contributed by atoms with E-state index in [0.717, 1.165) is 18.6 Å². The minimum absolute atomic E-state index is 0.0112. The van der Waals surface area contributed by atoms with Gasteiger partial charge in [-0.2, -0.15) is 0 Å². The molecule has 2 aromatic rings. The van der Waals surface area contributed by atoms with Crippen molar-refractivity contribution in [1.82, 2.24) is 5.32 Å². The Morgan fingerprint density at radius 2 is 1.70 bits per heavy atom. The first-order valence-corrected chi connectivity index (χ1v) is 11.9. The second-order valence-electron chi connectivity index (χ2n) is 5.75. The fourth-order valence-corrected chi connectivity index (χ4v) is 5.62. The van der Waals surface area contributed by atoms with Crippen molar-refractivity contribution < 1.29 is 21.6 Å². The van der Waals surface area contributed by atoms with E-state index < -0.39 is 25.8 Å². The number of nitrogens with two attached hydrogens (primary N) is 1. The van der Waals surface area contributed by atoms with Crippen LogP contribution in [0.4, 0.5) is 0 Å². The molecule has 0 spiro atoms. The number of primary sulfonamides is 1. The van der Waals surface area contributed by atoms with Crippen LogP contribution in [0.2, 0.25) is 0 Å². The molecule has 146 valence electrons. The Kier molecular flexibility index (Phi) is 6.79. The summed E-state index contributed by atoms with van der Waals surface area (Å²) < 4.78 is 49.6. The van der Waals surface area contributed by atoms with Crippen LogP contribution in [0.1, 0.15) is 30.1 Å². The Balaban J connectivity index is 2.69. The van der Waals surface area contributed by atoms with Crippen LogP contribution in [-0.2, 0) is 19.9 Å². The quantitative estimate of drug-likeness (QED) is 0.596. The van der Waals surface area contributed by atoms with Crippen molar-refractivity contribution in [2.45, 2.75) is 34.5 Å². The van der Waals surface area contributed by atoms with E-state index in [-0.39, 0.29) is 24.7 Å². The molecule has 2 aromatic carbocycles. The Labute approximate surface area is 167 Å². The first-order valence-electron chi connectivity index (χ1n) is 8.03. The van der Waals surface area contributed by atoms with Crippen molar-refractivity contribution in [2.24, 2.45) is 5.14 Å². The van der Waals surface area contributed by atoms with Gasteiger partial charge in [0.15, 0.2) is 0 Å². The number of amides is 1. The van der Waals surface area contributed by atoms with Crippen molar-refractivity contribution in [3.05, 3.63) is 52.5 Å². The first-order chi connectivity index (χ1) is 12.6. The van der Waals surface area contributed by atoms with E-state index in [4.69, 9.17) is 5.14 Å². The molecule has 3 N–H and O–H groups in total. The van der Waals surface area contributed by atoms with Gasteiger partial charge in [-0.3, -0.25) is 4.79 Å². The summed E-state index contributed by atoms with van der Waals surface area (Å²) >= 11 is 3.04. The number of carbonyl (C=O) groups excluding carboxylic acids is 1. The molecule has 0 radical (unpaired) electrons. The monoisotopic (exact) mass is 474 g/mol. The minimum Gasteiger partial charge on any atom is -0.352 e. The largest absolute Gasteiger partial charge is 0.352 e. The van der Waals surface area contributed by atoms with Crippen LogP contribution in [0.5, 0.6) is 0 Å². The number of sulfonamides is 1. The van der Waals surface area contributed by atoms with Gasteiger partial charge in [-0.1, -0.05) is 31.5 Å². The van der Waals surface area contributed by atoms with E-state index in [0.29, 0.717) is 13.0 Å². The molecule has 2 rings (SSSR count). The molecule has 0 unspecified atom stereocenters. The van der Waals surface area contributed by atoms with Crippen LogP contribution in [0, 0.1) is 0 Å². The average Bonchev–Trinajstić information content (AvgIpc) is 2.61. The molecule has 0 aliphatic carbocycles. The van der Waals surface area contributed by atoms with E-state index in [2.05, 4.69) is 21.2 Å². The molecule has 0 aliphatic heterocycles. The molecule has 0 aromatic heterocycles. The van der Waals surface area contributed by atoms with Crippen LogP contribution in [0.3, 0.4) is 0 Å². The molecule has 1 amide bonds. The van der Waals surface area contributed by atoms with Crippen LogP contribution in [0.15, 0.2) is 61.6 Å². The first kappa shape index (κ1) is 21.5. The molecule has 0 fully saturated rings. The van der Waals surface area contributed by atoms with Gasteiger partial charge < -0.3 is 5.32 Å². The minimum atomic E-state index is -4.16. The smallest absolute Gasteiger partial charge is 0.252 e. The lowest BCUT2D eigenvalue weighted by atomic mass is 10.2. The summed E-state index contributed by atoms with van der Waals surface area (Å²) in [6.07, 6.45) is 1.53. The number of rotatable bonds is 7. The van der Waals surface area contributed by atoms with Gasteiger partial charge >= 0.3 is 0 Å². The lowest BCUT2D eigenvalue weighted by molar-refractivity contribution is 0.0949. The second-order valence-corrected chi connectivity index (χ2v) is 10.1. The van der Waals surface area contributed by atoms with Crippen molar-refractivity contribution in [3.8, 4) is 0 Å². The van der Waals surface area contributed by atoms with Gasteiger partial charge in [-0.05, 0) is 46.6 Å². The number of benzene rings is 2. The van der Waals surface area contributed by atoms with Gasteiger partial charge in [-0.25, -0.2) is 22.0 Å². The van der Waals surface area contributed by atoms with E-state index in [1.165, 1.54) is 12.1 Å². The summed E-state index contributed by atoms with van der Waals surface area (Å²) in [4.78, 5) is 11.9. The molecule has 0 atom stereocenters. The molecule has 10 heteroatoms.